The van der Waals surface area contributed by atoms with Crippen molar-refractivity contribution in [2.75, 3.05) is 13.1 Å². The van der Waals surface area contributed by atoms with E-state index >= 15 is 0 Å². The van der Waals surface area contributed by atoms with E-state index in [1.54, 1.807) is 0 Å². The van der Waals surface area contributed by atoms with Crippen LogP contribution in [0.5, 0.6) is 0 Å². The van der Waals surface area contributed by atoms with Crippen molar-refractivity contribution in [3.63, 3.8) is 0 Å². The maximum absolute atomic E-state index is 12.2. The number of hydrogen-bond donors (Lipinski definition) is 2. The maximum atomic E-state index is 12.2. The highest BCUT2D eigenvalue weighted by Crippen LogP contribution is 2.25. The Morgan fingerprint density at radius 3 is 2.30 bits per heavy atom. The summed E-state index contributed by atoms with van der Waals surface area (Å²) in [4.78, 5) is 24.7. The van der Waals surface area contributed by atoms with Crippen molar-refractivity contribution in [3.8, 4) is 0 Å². The number of hydrogen-bond acceptors (Lipinski definition) is 2. The van der Waals surface area contributed by atoms with Gasteiger partial charge in [-0.2, -0.15) is 0 Å². The van der Waals surface area contributed by atoms with E-state index < -0.39 is 5.97 Å². The minimum absolute atomic E-state index is 0.0797. The molecule has 116 valence electrons. The molecule has 0 radical (unpaired) electrons. The van der Waals surface area contributed by atoms with Gasteiger partial charge in [0, 0.05) is 12.6 Å². The number of nitrogens with zero attached hydrogens (tertiary/aromatic N) is 1. The van der Waals surface area contributed by atoms with Gasteiger partial charge in [-0.15, -0.1) is 0 Å². The summed E-state index contributed by atoms with van der Waals surface area (Å²) in [6.07, 6.45) is 3.98. The van der Waals surface area contributed by atoms with E-state index in [2.05, 4.69) is 33.0 Å². The van der Waals surface area contributed by atoms with Gasteiger partial charge in [-0.25, -0.2) is 4.79 Å². The minimum Gasteiger partial charge on any atom is -0.480 e. The van der Waals surface area contributed by atoms with Crippen molar-refractivity contribution < 1.29 is 14.7 Å². The highest BCUT2D eigenvalue weighted by atomic mass is 16.4. The summed E-state index contributed by atoms with van der Waals surface area (Å²) >= 11 is 0. The molecule has 1 unspecified atom stereocenters. The third kappa shape index (κ3) is 5.02. The number of carbonyl (C=O) groups excluding carboxylic acids is 1. The zero-order valence-electron chi connectivity index (χ0n) is 13.1. The number of carbonyl (C=O) groups is 2. The van der Waals surface area contributed by atoms with Crippen molar-refractivity contribution in [3.05, 3.63) is 0 Å². The fraction of sp³-hybridized carbons (Fsp3) is 0.867. The number of rotatable bonds is 5. The summed E-state index contributed by atoms with van der Waals surface area (Å²) in [5.74, 6) is -0.613. The Morgan fingerprint density at radius 1 is 1.30 bits per heavy atom. The Balaban J connectivity index is 2.57. The van der Waals surface area contributed by atoms with Crippen molar-refractivity contribution >= 4 is 12.0 Å². The Morgan fingerprint density at radius 2 is 1.85 bits per heavy atom. The first-order chi connectivity index (χ1) is 9.21. The number of aliphatic carboxylic acids is 1. The van der Waals surface area contributed by atoms with Crippen molar-refractivity contribution in [2.45, 2.75) is 59.4 Å². The normalized spacial score (nSPS) is 17.8. The lowest BCUT2D eigenvalue weighted by atomic mass is 9.82. The molecule has 1 rings (SSSR count). The second-order valence-electron chi connectivity index (χ2n) is 6.91. The molecule has 0 heterocycles. The van der Waals surface area contributed by atoms with Crippen LogP contribution in [0.3, 0.4) is 0 Å². The van der Waals surface area contributed by atoms with E-state index in [9.17, 15) is 9.59 Å². The van der Waals surface area contributed by atoms with Crippen molar-refractivity contribution in [2.24, 2.45) is 11.3 Å². The smallest absolute Gasteiger partial charge is 0.323 e. The van der Waals surface area contributed by atoms with Crippen LogP contribution in [0.2, 0.25) is 0 Å². The van der Waals surface area contributed by atoms with Gasteiger partial charge in [-0.3, -0.25) is 4.79 Å². The van der Waals surface area contributed by atoms with Crippen LogP contribution in [-0.2, 0) is 4.79 Å². The molecule has 1 saturated carbocycles. The molecule has 20 heavy (non-hydrogen) atoms. The van der Waals surface area contributed by atoms with E-state index in [1.165, 1.54) is 4.90 Å². The average molecular weight is 284 g/mol. The second-order valence-corrected chi connectivity index (χ2v) is 6.91. The van der Waals surface area contributed by atoms with Crippen LogP contribution >= 0.6 is 0 Å². The van der Waals surface area contributed by atoms with Gasteiger partial charge in [0.25, 0.3) is 0 Å². The highest BCUT2D eigenvalue weighted by Gasteiger charge is 2.29. The SMILES string of the molecule is CC(CNC(=O)N(CC(=O)O)C1CCCC1)C(C)(C)C. The zero-order valence-corrected chi connectivity index (χ0v) is 13.1. The Kier molecular flexibility index (Phi) is 5.84. The van der Waals surface area contributed by atoms with E-state index in [0.29, 0.717) is 12.5 Å². The summed E-state index contributed by atoms with van der Waals surface area (Å²) < 4.78 is 0. The molecule has 1 fully saturated rings. The summed E-state index contributed by atoms with van der Waals surface area (Å²) in [5, 5.41) is 11.9. The van der Waals surface area contributed by atoms with E-state index in [-0.39, 0.29) is 24.0 Å². The lowest BCUT2D eigenvalue weighted by Gasteiger charge is -2.31. The lowest BCUT2D eigenvalue weighted by molar-refractivity contribution is -0.138. The number of carboxylic acids is 1. The van der Waals surface area contributed by atoms with E-state index in [1.807, 2.05) is 0 Å². The Labute approximate surface area is 121 Å². The largest absolute Gasteiger partial charge is 0.480 e. The summed E-state index contributed by atoms with van der Waals surface area (Å²) in [6, 6.07) is -0.161. The van der Waals surface area contributed by atoms with Gasteiger partial charge in [0.2, 0.25) is 0 Å². The predicted octanol–water partition coefficient (Wildman–Crippen LogP) is 2.71. The second kappa shape index (κ2) is 6.95. The molecule has 0 aliphatic heterocycles. The van der Waals surface area contributed by atoms with Gasteiger partial charge in [0.1, 0.15) is 6.54 Å². The number of carboxylic acid groups (broad SMARTS) is 1. The van der Waals surface area contributed by atoms with Crippen LogP contribution in [0, 0.1) is 11.3 Å². The van der Waals surface area contributed by atoms with Crippen LogP contribution < -0.4 is 5.32 Å². The lowest BCUT2D eigenvalue weighted by Crippen LogP contribution is -2.49. The summed E-state index contributed by atoms with van der Waals surface area (Å²) in [5.41, 5.74) is 0.123. The molecule has 5 nitrogen and oxygen atoms in total. The van der Waals surface area contributed by atoms with E-state index in [0.717, 1.165) is 25.7 Å². The first-order valence-corrected chi connectivity index (χ1v) is 7.48. The standard InChI is InChI=1S/C15H28N2O3/c1-11(15(2,3)4)9-16-14(20)17(10-13(18)19)12-7-5-6-8-12/h11-12H,5-10H2,1-4H3,(H,16,20)(H,18,19). The first-order valence-electron chi connectivity index (χ1n) is 7.48. The molecule has 1 aliphatic rings. The summed E-state index contributed by atoms with van der Waals surface area (Å²) in [6.45, 7) is 8.87. The summed E-state index contributed by atoms with van der Waals surface area (Å²) in [7, 11) is 0. The molecule has 1 atom stereocenters. The van der Waals surface area contributed by atoms with Gasteiger partial charge in [0.15, 0.2) is 0 Å². The molecule has 0 aromatic heterocycles. The fourth-order valence-electron chi connectivity index (χ4n) is 2.38. The predicted molar refractivity (Wildman–Crippen MR) is 78.6 cm³/mol. The maximum Gasteiger partial charge on any atom is 0.323 e. The molecule has 5 heteroatoms. The number of nitrogens with one attached hydrogen (secondary N) is 1. The van der Waals surface area contributed by atoms with Crippen molar-refractivity contribution in [1.29, 1.82) is 0 Å². The van der Waals surface area contributed by atoms with Crippen LogP contribution in [0.15, 0.2) is 0 Å². The fourth-order valence-corrected chi connectivity index (χ4v) is 2.38. The molecule has 0 saturated heterocycles. The van der Waals surface area contributed by atoms with Crippen LogP contribution in [0.1, 0.15) is 53.4 Å². The average Bonchev–Trinajstić information content (AvgIpc) is 2.84. The van der Waals surface area contributed by atoms with Gasteiger partial charge in [-0.05, 0) is 24.2 Å². The molecule has 2 N–H and O–H groups in total. The monoisotopic (exact) mass is 284 g/mol. The van der Waals surface area contributed by atoms with E-state index in [4.69, 9.17) is 5.11 Å². The Hall–Kier alpha value is -1.26. The highest BCUT2D eigenvalue weighted by molar-refractivity contribution is 5.80. The van der Waals surface area contributed by atoms with Crippen LogP contribution in [-0.4, -0.2) is 41.1 Å². The van der Waals surface area contributed by atoms with Gasteiger partial charge in [0.05, 0.1) is 0 Å². The van der Waals surface area contributed by atoms with Gasteiger partial charge < -0.3 is 15.3 Å². The first kappa shape index (κ1) is 16.8. The van der Waals surface area contributed by atoms with Gasteiger partial charge in [-0.1, -0.05) is 40.5 Å². The molecule has 1 aliphatic carbocycles. The Bertz CT molecular complexity index is 344. The topological polar surface area (TPSA) is 69.6 Å². The molecular formula is C15H28N2O3. The quantitative estimate of drug-likeness (QED) is 0.815. The number of amides is 2. The molecule has 0 aromatic carbocycles. The van der Waals surface area contributed by atoms with Crippen molar-refractivity contribution in [1.82, 2.24) is 10.2 Å². The molecule has 2 amide bonds. The van der Waals surface area contributed by atoms with Crippen LogP contribution in [0.4, 0.5) is 4.79 Å². The molecule has 0 bridgehead atoms. The minimum atomic E-state index is -0.948. The van der Waals surface area contributed by atoms with Crippen LogP contribution in [0.25, 0.3) is 0 Å². The zero-order chi connectivity index (χ0) is 15.3. The molecule has 0 spiro atoms. The molecule has 0 aromatic rings. The number of urea groups is 1. The third-order valence-corrected chi connectivity index (χ3v) is 4.37. The third-order valence-electron chi connectivity index (χ3n) is 4.37. The van der Waals surface area contributed by atoms with Gasteiger partial charge >= 0.3 is 12.0 Å². The molecular weight excluding hydrogens is 256 g/mol.